The largest absolute Gasteiger partial charge is 0.497 e. The zero-order chi connectivity index (χ0) is 21.7. The van der Waals surface area contributed by atoms with Gasteiger partial charge in [0.2, 0.25) is 0 Å². The van der Waals surface area contributed by atoms with Crippen LogP contribution in [0.4, 0.5) is 17.1 Å². The molecule has 1 amide bonds. The summed E-state index contributed by atoms with van der Waals surface area (Å²) in [5.74, 6) is 0.158. The Morgan fingerprint density at radius 1 is 0.967 bits per heavy atom. The van der Waals surface area contributed by atoms with E-state index in [2.05, 4.69) is 10.0 Å². The quantitative estimate of drug-likeness (QED) is 0.437. The summed E-state index contributed by atoms with van der Waals surface area (Å²) in [6.45, 7) is 0. The van der Waals surface area contributed by atoms with Crippen molar-refractivity contribution in [1.82, 2.24) is 0 Å². The van der Waals surface area contributed by atoms with Gasteiger partial charge in [0.05, 0.1) is 16.9 Å². The number of nitro groups is 1. The fraction of sp³-hybridized carbons (Fsp3) is 0.0500. The summed E-state index contributed by atoms with van der Waals surface area (Å²) in [7, 11) is -2.47. The number of methoxy groups -OCH3 is 1. The highest BCUT2D eigenvalue weighted by Crippen LogP contribution is 2.21. The van der Waals surface area contributed by atoms with E-state index in [1.54, 1.807) is 24.3 Å². The number of ether oxygens (including phenoxy) is 1. The highest BCUT2D eigenvalue weighted by atomic mass is 32.2. The average Bonchev–Trinajstić information content (AvgIpc) is 2.74. The standard InChI is InChI=1S/C20H17N3O6S/c1-29-18-11-7-15(8-12-18)21-20(24)14-3-2-4-19(13-14)30(27,28)22-16-5-9-17(10-6-16)23(25)26/h2-13,22H,1H3,(H,21,24). The smallest absolute Gasteiger partial charge is 0.269 e. The molecule has 0 fully saturated rings. The van der Waals surface area contributed by atoms with E-state index in [4.69, 9.17) is 4.74 Å². The molecule has 0 saturated heterocycles. The summed E-state index contributed by atoms with van der Waals surface area (Å²) in [5.41, 5.74) is 0.680. The molecule has 0 spiro atoms. The molecule has 0 aromatic heterocycles. The molecule has 3 aromatic carbocycles. The van der Waals surface area contributed by atoms with E-state index in [1.807, 2.05) is 0 Å². The Bertz CT molecular complexity index is 1180. The van der Waals surface area contributed by atoms with Gasteiger partial charge in [-0.25, -0.2) is 8.42 Å². The highest BCUT2D eigenvalue weighted by molar-refractivity contribution is 7.92. The summed E-state index contributed by atoms with van der Waals surface area (Å²) in [6, 6.07) is 17.2. The van der Waals surface area contributed by atoms with E-state index in [0.29, 0.717) is 11.4 Å². The van der Waals surface area contributed by atoms with E-state index in [9.17, 15) is 23.3 Å². The zero-order valence-corrected chi connectivity index (χ0v) is 16.5. The molecule has 0 radical (unpaired) electrons. The van der Waals surface area contributed by atoms with Gasteiger partial charge < -0.3 is 10.1 Å². The number of non-ortho nitro benzene ring substituents is 1. The van der Waals surface area contributed by atoms with Crippen LogP contribution in [-0.2, 0) is 10.0 Å². The Balaban J connectivity index is 1.77. The molecule has 30 heavy (non-hydrogen) atoms. The number of sulfonamides is 1. The molecule has 2 N–H and O–H groups in total. The fourth-order valence-corrected chi connectivity index (χ4v) is 3.65. The van der Waals surface area contributed by atoms with Crippen molar-refractivity contribution >= 4 is 33.0 Å². The number of hydrogen-bond acceptors (Lipinski definition) is 6. The predicted molar refractivity (Wildman–Crippen MR) is 111 cm³/mol. The molecule has 10 heteroatoms. The zero-order valence-electron chi connectivity index (χ0n) is 15.7. The Hall–Kier alpha value is -3.92. The number of nitro benzene ring substituents is 1. The van der Waals surface area contributed by atoms with Crippen molar-refractivity contribution < 1.29 is 22.9 Å². The van der Waals surface area contributed by atoms with Gasteiger partial charge in [-0.1, -0.05) is 6.07 Å². The van der Waals surface area contributed by atoms with E-state index < -0.39 is 20.9 Å². The van der Waals surface area contributed by atoms with Gasteiger partial charge >= 0.3 is 0 Å². The van der Waals surface area contributed by atoms with Gasteiger partial charge in [-0.3, -0.25) is 19.6 Å². The normalized spacial score (nSPS) is 10.8. The van der Waals surface area contributed by atoms with Crippen molar-refractivity contribution in [1.29, 1.82) is 0 Å². The van der Waals surface area contributed by atoms with E-state index in [1.165, 1.54) is 55.6 Å². The number of amides is 1. The van der Waals surface area contributed by atoms with Crippen LogP contribution in [0.15, 0.2) is 77.7 Å². The van der Waals surface area contributed by atoms with Gasteiger partial charge in [0.25, 0.3) is 21.6 Å². The van der Waals surface area contributed by atoms with Gasteiger partial charge in [0.1, 0.15) is 5.75 Å². The number of nitrogens with zero attached hydrogens (tertiary/aromatic N) is 1. The third-order valence-corrected chi connectivity index (χ3v) is 5.46. The summed E-state index contributed by atoms with van der Waals surface area (Å²) in [5, 5.41) is 13.4. The van der Waals surface area contributed by atoms with Crippen LogP contribution >= 0.6 is 0 Å². The van der Waals surface area contributed by atoms with Crippen molar-refractivity contribution in [2.75, 3.05) is 17.1 Å². The molecule has 0 aliphatic rings. The molecule has 3 aromatic rings. The minimum absolute atomic E-state index is 0.122. The molecular weight excluding hydrogens is 410 g/mol. The van der Waals surface area contributed by atoms with Crippen molar-refractivity contribution in [3.63, 3.8) is 0 Å². The second-order valence-corrected chi connectivity index (χ2v) is 7.80. The number of carbonyl (C=O) groups excluding carboxylic acids is 1. The highest BCUT2D eigenvalue weighted by Gasteiger charge is 2.17. The second-order valence-electron chi connectivity index (χ2n) is 6.12. The summed E-state index contributed by atoms with van der Waals surface area (Å²) in [6.07, 6.45) is 0. The maximum absolute atomic E-state index is 12.6. The fourth-order valence-electron chi connectivity index (χ4n) is 2.55. The first-order valence-corrected chi connectivity index (χ1v) is 10.1. The number of carbonyl (C=O) groups is 1. The van der Waals surface area contributed by atoms with E-state index in [0.717, 1.165) is 0 Å². The van der Waals surface area contributed by atoms with Crippen molar-refractivity contribution in [2.24, 2.45) is 0 Å². The van der Waals surface area contributed by atoms with Crippen LogP contribution in [0.25, 0.3) is 0 Å². The van der Waals surface area contributed by atoms with Crippen LogP contribution < -0.4 is 14.8 Å². The van der Waals surface area contributed by atoms with Gasteiger partial charge in [-0.05, 0) is 54.6 Å². The first kappa shape index (κ1) is 20.8. The maximum Gasteiger partial charge on any atom is 0.269 e. The van der Waals surface area contributed by atoms with Crippen LogP contribution in [0.3, 0.4) is 0 Å². The monoisotopic (exact) mass is 427 g/mol. The summed E-state index contributed by atoms with van der Waals surface area (Å²) < 4.78 is 32.7. The molecule has 0 unspecified atom stereocenters. The lowest BCUT2D eigenvalue weighted by atomic mass is 10.2. The molecule has 154 valence electrons. The average molecular weight is 427 g/mol. The molecule has 0 heterocycles. The number of rotatable bonds is 7. The van der Waals surface area contributed by atoms with Crippen LogP contribution in [0, 0.1) is 10.1 Å². The van der Waals surface area contributed by atoms with E-state index >= 15 is 0 Å². The van der Waals surface area contributed by atoms with Gasteiger partial charge in [-0.15, -0.1) is 0 Å². The minimum Gasteiger partial charge on any atom is -0.497 e. The molecule has 9 nitrogen and oxygen atoms in total. The first-order valence-electron chi connectivity index (χ1n) is 8.61. The Morgan fingerprint density at radius 2 is 1.60 bits per heavy atom. The van der Waals surface area contributed by atoms with Crippen LogP contribution in [-0.4, -0.2) is 26.4 Å². The predicted octanol–water partition coefficient (Wildman–Crippen LogP) is 3.66. The van der Waals surface area contributed by atoms with Gasteiger partial charge in [0, 0.05) is 29.1 Å². The molecule has 0 atom stereocenters. The van der Waals surface area contributed by atoms with Crippen LogP contribution in [0.5, 0.6) is 5.75 Å². The lowest BCUT2D eigenvalue weighted by Crippen LogP contribution is -2.16. The van der Waals surface area contributed by atoms with Gasteiger partial charge in [-0.2, -0.15) is 0 Å². The third-order valence-electron chi connectivity index (χ3n) is 4.08. The summed E-state index contributed by atoms with van der Waals surface area (Å²) >= 11 is 0. The topological polar surface area (TPSA) is 128 Å². The Morgan fingerprint density at radius 3 is 2.20 bits per heavy atom. The first-order chi connectivity index (χ1) is 14.3. The minimum atomic E-state index is -4.00. The summed E-state index contributed by atoms with van der Waals surface area (Å²) in [4.78, 5) is 22.5. The SMILES string of the molecule is COc1ccc(NC(=O)c2cccc(S(=O)(=O)Nc3ccc([N+](=O)[O-])cc3)c2)cc1. The lowest BCUT2D eigenvalue weighted by molar-refractivity contribution is -0.384. The number of hydrogen-bond donors (Lipinski definition) is 2. The molecule has 0 bridgehead atoms. The number of benzene rings is 3. The Kier molecular flexibility index (Phi) is 5.98. The number of anilines is 2. The van der Waals surface area contributed by atoms with Crippen molar-refractivity contribution in [3.05, 3.63) is 88.5 Å². The van der Waals surface area contributed by atoms with E-state index in [-0.39, 0.29) is 21.8 Å². The van der Waals surface area contributed by atoms with Crippen LogP contribution in [0.2, 0.25) is 0 Å². The molecule has 0 aliphatic carbocycles. The molecule has 0 aliphatic heterocycles. The van der Waals surface area contributed by atoms with Gasteiger partial charge in [0.15, 0.2) is 0 Å². The maximum atomic E-state index is 12.6. The van der Waals surface area contributed by atoms with Crippen molar-refractivity contribution in [2.45, 2.75) is 4.90 Å². The third kappa shape index (κ3) is 4.92. The number of nitrogens with one attached hydrogen (secondary N) is 2. The molecular formula is C20H17N3O6S. The molecule has 0 saturated carbocycles. The molecule has 3 rings (SSSR count). The van der Waals surface area contributed by atoms with Crippen molar-refractivity contribution in [3.8, 4) is 5.75 Å². The lowest BCUT2D eigenvalue weighted by Gasteiger charge is -2.10. The van der Waals surface area contributed by atoms with Crippen LogP contribution in [0.1, 0.15) is 10.4 Å². The second kappa shape index (κ2) is 8.62. The Labute approximate surface area is 172 Å².